The standard InChI is InChI=1S/C27H29N3O4S2/c1-19-7-13-25(14-8-19)36(32,33)30(26-6-4-5-20(2)21(26)3)16-27(31)29-28-15-22-9-11-23(12-10-22)34-24-17-35-18-24/h4-15,24H,16-18H2,1-3H3,(H,29,31)/b28-15-. The first kappa shape index (κ1) is 25.8. The smallest absolute Gasteiger partial charge is 0.264 e. The Kier molecular flexibility index (Phi) is 8.01. The number of aryl methyl sites for hydroxylation is 2. The fourth-order valence-corrected chi connectivity index (χ4v) is 5.64. The lowest BCUT2D eigenvalue weighted by molar-refractivity contribution is -0.119. The third kappa shape index (κ3) is 6.09. The van der Waals surface area contributed by atoms with Gasteiger partial charge in [0.2, 0.25) is 0 Å². The Morgan fingerprint density at radius 1 is 1.06 bits per heavy atom. The summed E-state index contributed by atoms with van der Waals surface area (Å²) >= 11 is 1.86. The monoisotopic (exact) mass is 523 g/mol. The van der Waals surface area contributed by atoms with Crippen LogP contribution in [0.3, 0.4) is 0 Å². The third-order valence-corrected chi connectivity index (χ3v) is 8.92. The van der Waals surface area contributed by atoms with E-state index >= 15 is 0 Å². The molecule has 1 saturated heterocycles. The topological polar surface area (TPSA) is 88.1 Å². The van der Waals surface area contributed by atoms with Crippen molar-refractivity contribution in [2.45, 2.75) is 31.8 Å². The van der Waals surface area contributed by atoms with Crippen LogP contribution in [0.5, 0.6) is 5.75 Å². The van der Waals surface area contributed by atoms with Crippen molar-refractivity contribution in [3.63, 3.8) is 0 Å². The minimum atomic E-state index is -3.99. The van der Waals surface area contributed by atoms with Crippen LogP contribution in [0.4, 0.5) is 5.69 Å². The van der Waals surface area contributed by atoms with Gasteiger partial charge in [-0.15, -0.1) is 0 Å². The van der Waals surface area contributed by atoms with Gasteiger partial charge in [-0.25, -0.2) is 13.8 Å². The van der Waals surface area contributed by atoms with E-state index in [1.54, 1.807) is 36.4 Å². The van der Waals surface area contributed by atoms with E-state index in [0.29, 0.717) is 5.69 Å². The molecule has 0 spiro atoms. The molecule has 0 bridgehead atoms. The number of nitrogens with one attached hydrogen (secondary N) is 1. The molecule has 9 heteroatoms. The van der Waals surface area contributed by atoms with Gasteiger partial charge < -0.3 is 4.74 Å². The van der Waals surface area contributed by atoms with Gasteiger partial charge >= 0.3 is 0 Å². The first-order valence-corrected chi connectivity index (χ1v) is 14.2. The number of carbonyl (C=O) groups is 1. The molecule has 0 atom stereocenters. The van der Waals surface area contributed by atoms with E-state index < -0.39 is 22.5 Å². The summed E-state index contributed by atoms with van der Waals surface area (Å²) < 4.78 is 34.1. The van der Waals surface area contributed by atoms with E-state index in [-0.39, 0.29) is 11.0 Å². The molecular weight excluding hydrogens is 494 g/mol. The second-order valence-electron chi connectivity index (χ2n) is 8.68. The second kappa shape index (κ2) is 11.2. The van der Waals surface area contributed by atoms with Crippen molar-refractivity contribution < 1.29 is 17.9 Å². The van der Waals surface area contributed by atoms with E-state index in [1.165, 1.54) is 6.21 Å². The van der Waals surface area contributed by atoms with Crippen LogP contribution in [0.15, 0.2) is 76.7 Å². The average Bonchev–Trinajstić information content (AvgIpc) is 2.83. The summed E-state index contributed by atoms with van der Waals surface area (Å²) in [6, 6.07) is 19.4. The molecule has 0 unspecified atom stereocenters. The van der Waals surface area contributed by atoms with Crippen molar-refractivity contribution in [2.75, 3.05) is 22.4 Å². The molecule has 1 fully saturated rings. The molecular formula is C27H29N3O4S2. The number of hydrazone groups is 1. The zero-order chi connectivity index (χ0) is 25.7. The second-order valence-corrected chi connectivity index (χ2v) is 11.6. The molecule has 0 saturated carbocycles. The fraction of sp³-hybridized carbons (Fsp3) is 0.259. The van der Waals surface area contributed by atoms with Gasteiger partial charge in [-0.05, 0) is 79.9 Å². The summed E-state index contributed by atoms with van der Waals surface area (Å²) in [7, 11) is -3.99. The number of hydrogen-bond donors (Lipinski definition) is 1. The van der Waals surface area contributed by atoms with Crippen LogP contribution in [0.1, 0.15) is 22.3 Å². The van der Waals surface area contributed by atoms with Crippen molar-refractivity contribution in [1.29, 1.82) is 0 Å². The molecule has 4 rings (SSSR count). The van der Waals surface area contributed by atoms with Gasteiger partial charge in [0, 0.05) is 11.5 Å². The number of rotatable bonds is 9. The van der Waals surface area contributed by atoms with Crippen LogP contribution in [-0.4, -0.2) is 44.7 Å². The Labute approximate surface area is 216 Å². The Morgan fingerprint density at radius 2 is 1.75 bits per heavy atom. The molecule has 1 heterocycles. The Morgan fingerprint density at radius 3 is 2.39 bits per heavy atom. The molecule has 1 N–H and O–H groups in total. The Hall–Kier alpha value is -3.30. The van der Waals surface area contributed by atoms with E-state index in [1.807, 2.05) is 62.9 Å². The summed E-state index contributed by atoms with van der Waals surface area (Å²) in [4.78, 5) is 12.9. The summed E-state index contributed by atoms with van der Waals surface area (Å²) in [5, 5.41) is 4.02. The van der Waals surface area contributed by atoms with Gasteiger partial charge in [0.05, 0.1) is 16.8 Å². The Balaban J connectivity index is 1.49. The first-order valence-electron chi connectivity index (χ1n) is 11.6. The van der Waals surface area contributed by atoms with Crippen LogP contribution >= 0.6 is 11.8 Å². The maximum absolute atomic E-state index is 13.6. The summed E-state index contributed by atoms with van der Waals surface area (Å²) in [6.45, 7) is 5.22. The van der Waals surface area contributed by atoms with Gasteiger partial charge in [0.25, 0.3) is 15.9 Å². The summed E-state index contributed by atoms with van der Waals surface area (Å²) in [6.07, 6.45) is 1.78. The highest BCUT2D eigenvalue weighted by atomic mass is 32.2. The van der Waals surface area contributed by atoms with Crippen LogP contribution in [-0.2, 0) is 14.8 Å². The lowest BCUT2D eigenvalue weighted by Gasteiger charge is -2.26. The number of ether oxygens (including phenoxy) is 1. The maximum atomic E-state index is 13.6. The highest BCUT2D eigenvalue weighted by molar-refractivity contribution is 8.00. The number of carbonyl (C=O) groups excluding carboxylic acids is 1. The molecule has 1 aliphatic heterocycles. The maximum Gasteiger partial charge on any atom is 0.264 e. The van der Waals surface area contributed by atoms with Crippen LogP contribution in [0, 0.1) is 20.8 Å². The third-order valence-electron chi connectivity index (χ3n) is 5.93. The van der Waals surface area contributed by atoms with Gasteiger partial charge in [-0.3, -0.25) is 9.10 Å². The molecule has 188 valence electrons. The molecule has 0 radical (unpaired) electrons. The number of amides is 1. The predicted molar refractivity (Wildman–Crippen MR) is 146 cm³/mol. The van der Waals surface area contributed by atoms with Gasteiger partial charge in [0.15, 0.2) is 0 Å². The van der Waals surface area contributed by atoms with Crippen molar-refractivity contribution in [3.05, 3.63) is 89.0 Å². The van der Waals surface area contributed by atoms with Gasteiger partial charge in [-0.1, -0.05) is 29.8 Å². The normalized spacial score (nSPS) is 13.9. The number of nitrogens with zero attached hydrogens (tertiary/aromatic N) is 2. The zero-order valence-electron chi connectivity index (χ0n) is 20.5. The fourth-order valence-electron chi connectivity index (χ4n) is 3.59. The molecule has 3 aromatic rings. The lowest BCUT2D eigenvalue weighted by atomic mass is 10.1. The first-order chi connectivity index (χ1) is 17.2. The average molecular weight is 524 g/mol. The highest BCUT2D eigenvalue weighted by Crippen LogP contribution is 2.28. The Bertz CT molecular complexity index is 1350. The predicted octanol–water partition coefficient (Wildman–Crippen LogP) is 4.45. The SMILES string of the molecule is Cc1ccc(S(=O)(=O)N(CC(=O)N/N=C\c2ccc(OC3CSC3)cc2)c2cccc(C)c2C)cc1. The molecule has 0 aromatic heterocycles. The number of benzene rings is 3. The van der Waals surface area contributed by atoms with E-state index in [0.717, 1.165) is 43.8 Å². The van der Waals surface area contributed by atoms with Gasteiger partial charge in [0.1, 0.15) is 18.4 Å². The highest BCUT2D eigenvalue weighted by Gasteiger charge is 2.28. The zero-order valence-corrected chi connectivity index (χ0v) is 22.1. The van der Waals surface area contributed by atoms with Crippen molar-refractivity contribution >= 4 is 39.6 Å². The molecule has 3 aromatic carbocycles. The minimum absolute atomic E-state index is 0.119. The van der Waals surface area contributed by atoms with Crippen LogP contribution in [0.25, 0.3) is 0 Å². The lowest BCUT2D eigenvalue weighted by Crippen LogP contribution is -2.40. The molecule has 36 heavy (non-hydrogen) atoms. The molecule has 0 aliphatic carbocycles. The number of anilines is 1. The van der Waals surface area contributed by atoms with Crippen molar-refractivity contribution in [3.8, 4) is 5.75 Å². The molecule has 1 aliphatic rings. The number of thioether (sulfide) groups is 1. The van der Waals surface area contributed by atoms with Crippen molar-refractivity contribution in [2.24, 2.45) is 5.10 Å². The molecule has 7 nitrogen and oxygen atoms in total. The number of hydrogen-bond acceptors (Lipinski definition) is 6. The quantitative estimate of drug-likeness (QED) is 0.331. The summed E-state index contributed by atoms with van der Waals surface area (Å²) in [5.74, 6) is 2.26. The minimum Gasteiger partial charge on any atom is -0.489 e. The van der Waals surface area contributed by atoms with E-state index in [9.17, 15) is 13.2 Å². The summed E-state index contributed by atoms with van der Waals surface area (Å²) in [5.41, 5.74) is 6.35. The molecule has 1 amide bonds. The van der Waals surface area contributed by atoms with Crippen LogP contribution < -0.4 is 14.5 Å². The van der Waals surface area contributed by atoms with Crippen molar-refractivity contribution in [1.82, 2.24) is 5.43 Å². The van der Waals surface area contributed by atoms with Crippen LogP contribution in [0.2, 0.25) is 0 Å². The largest absolute Gasteiger partial charge is 0.489 e. The number of sulfonamides is 1. The van der Waals surface area contributed by atoms with Gasteiger partial charge in [-0.2, -0.15) is 16.9 Å². The van der Waals surface area contributed by atoms with E-state index in [2.05, 4.69) is 10.5 Å². The van der Waals surface area contributed by atoms with E-state index in [4.69, 9.17) is 4.74 Å².